The molecule has 6 rings (SSSR count). The number of nitrogens with zero attached hydrogens (tertiary/aromatic N) is 3. The van der Waals surface area contributed by atoms with E-state index in [9.17, 15) is 28.6 Å². The minimum absolute atomic E-state index is 0.0343. The van der Waals surface area contributed by atoms with E-state index in [0.29, 0.717) is 24.3 Å². The summed E-state index contributed by atoms with van der Waals surface area (Å²) >= 11 is 0. The van der Waals surface area contributed by atoms with Crippen molar-refractivity contribution in [1.82, 2.24) is 9.62 Å². The lowest BCUT2D eigenvalue weighted by molar-refractivity contribution is -0.385. The average Bonchev–Trinajstić information content (AvgIpc) is 3.19. The SMILES string of the molecule is Cc1ccc(S(=O)(=O)N2CCC[C@]2(C)C(=O)NC2C3CC4CC2CC(C#N)(C4)C3)cc1[N+](=O)[O-]. The van der Waals surface area contributed by atoms with Gasteiger partial charge in [0.1, 0.15) is 5.54 Å². The van der Waals surface area contributed by atoms with Crippen molar-refractivity contribution in [2.75, 3.05) is 6.54 Å². The van der Waals surface area contributed by atoms with Gasteiger partial charge in [0.2, 0.25) is 15.9 Å². The van der Waals surface area contributed by atoms with Crippen molar-refractivity contribution in [3.63, 3.8) is 0 Å². The second-order valence-corrected chi connectivity index (χ2v) is 12.9. The molecule has 3 atom stereocenters. The minimum Gasteiger partial charge on any atom is -0.351 e. The molecule has 5 aliphatic rings. The van der Waals surface area contributed by atoms with Crippen LogP contribution in [0.2, 0.25) is 0 Å². The standard InChI is InChI=1S/C24H30N4O5S/c1-15-4-5-19(10-20(15)28(30)31)34(32,33)27-7-3-6-23(27,2)22(29)26-21-17-8-16-9-18(21)13-24(11-16,12-17)14-25/h4-5,10,16-18,21H,3,6-9,11-13H2,1-2H3,(H,26,29)/t16?,17?,18?,21?,23-,24?/m1/s1. The number of rotatable bonds is 5. The molecule has 10 heteroatoms. The van der Waals surface area contributed by atoms with Crippen LogP contribution in [0.5, 0.6) is 0 Å². The van der Waals surface area contributed by atoms with Gasteiger partial charge in [0.15, 0.2) is 0 Å². The Bertz CT molecular complexity index is 1190. The Labute approximate surface area is 199 Å². The van der Waals surface area contributed by atoms with E-state index in [4.69, 9.17) is 0 Å². The third kappa shape index (κ3) is 3.43. The summed E-state index contributed by atoms with van der Waals surface area (Å²) in [5, 5.41) is 24.3. The molecular formula is C24H30N4O5S. The highest BCUT2D eigenvalue weighted by Crippen LogP contribution is 2.59. The average molecular weight is 487 g/mol. The van der Waals surface area contributed by atoms with Crippen LogP contribution in [-0.2, 0) is 14.8 Å². The summed E-state index contributed by atoms with van der Waals surface area (Å²) in [4.78, 5) is 24.2. The Balaban J connectivity index is 1.40. The van der Waals surface area contributed by atoms with Gasteiger partial charge >= 0.3 is 0 Å². The quantitative estimate of drug-likeness (QED) is 0.501. The number of carbonyl (C=O) groups is 1. The van der Waals surface area contributed by atoms with Gasteiger partial charge in [-0.3, -0.25) is 14.9 Å². The summed E-state index contributed by atoms with van der Waals surface area (Å²) in [6, 6.07) is 6.41. The van der Waals surface area contributed by atoms with E-state index < -0.39 is 20.5 Å². The number of nitriles is 1. The highest BCUT2D eigenvalue weighted by Gasteiger charge is 2.57. The molecular weight excluding hydrogens is 456 g/mol. The molecule has 4 aliphatic carbocycles. The maximum atomic E-state index is 13.6. The van der Waals surface area contributed by atoms with Crippen molar-refractivity contribution < 1.29 is 18.1 Å². The van der Waals surface area contributed by atoms with E-state index in [1.807, 2.05) is 0 Å². The fourth-order valence-corrected chi connectivity index (χ4v) is 9.16. The maximum absolute atomic E-state index is 13.6. The number of nitrogens with one attached hydrogen (secondary N) is 1. The van der Waals surface area contributed by atoms with Crippen molar-refractivity contribution in [1.29, 1.82) is 5.26 Å². The summed E-state index contributed by atoms with van der Waals surface area (Å²) in [6.45, 7) is 3.40. The molecule has 1 heterocycles. The molecule has 182 valence electrons. The first-order valence-electron chi connectivity index (χ1n) is 12.0. The summed E-state index contributed by atoms with van der Waals surface area (Å²) < 4.78 is 28.3. The third-order valence-electron chi connectivity index (χ3n) is 8.84. The molecule has 9 nitrogen and oxygen atoms in total. The second-order valence-electron chi connectivity index (χ2n) is 11.0. The lowest BCUT2D eigenvalue weighted by Crippen LogP contribution is -2.63. The second kappa shape index (κ2) is 7.75. The van der Waals surface area contributed by atoms with Crippen LogP contribution < -0.4 is 5.32 Å². The predicted octanol–water partition coefficient (Wildman–Crippen LogP) is 3.28. The van der Waals surface area contributed by atoms with Gasteiger partial charge in [0.25, 0.3) is 5.69 Å². The Morgan fingerprint density at radius 2 is 1.94 bits per heavy atom. The van der Waals surface area contributed by atoms with E-state index in [2.05, 4.69) is 11.4 Å². The van der Waals surface area contributed by atoms with Crippen molar-refractivity contribution in [2.45, 2.75) is 75.3 Å². The normalized spacial score (nSPS) is 36.9. The monoisotopic (exact) mass is 486 g/mol. The maximum Gasteiger partial charge on any atom is 0.273 e. The van der Waals surface area contributed by atoms with Crippen LogP contribution in [0.4, 0.5) is 5.69 Å². The summed E-state index contributed by atoms with van der Waals surface area (Å²) in [7, 11) is -4.11. The zero-order chi connectivity index (χ0) is 24.5. The van der Waals surface area contributed by atoms with Crippen LogP contribution in [0, 0.1) is 51.5 Å². The first-order chi connectivity index (χ1) is 16.0. The molecule has 4 bridgehead atoms. The molecule has 1 N–H and O–H groups in total. The van der Waals surface area contributed by atoms with E-state index in [1.54, 1.807) is 13.8 Å². The Kier molecular flexibility index (Phi) is 5.30. The van der Waals surface area contributed by atoms with Crippen molar-refractivity contribution in [2.24, 2.45) is 23.2 Å². The van der Waals surface area contributed by atoms with Gasteiger partial charge in [-0.2, -0.15) is 9.57 Å². The first kappa shape index (κ1) is 23.2. The number of amides is 1. The van der Waals surface area contributed by atoms with Crippen LogP contribution in [-0.4, -0.2) is 41.7 Å². The number of sulfonamides is 1. The fourth-order valence-electron chi connectivity index (χ4n) is 7.33. The van der Waals surface area contributed by atoms with Crippen LogP contribution in [0.1, 0.15) is 57.4 Å². The van der Waals surface area contributed by atoms with Gasteiger partial charge in [-0.25, -0.2) is 8.42 Å². The van der Waals surface area contributed by atoms with Crippen LogP contribution >= 0.6 is 0 Å². The number of benzene rings is 1. The van der Waals surface area contributed by atoms with Crippen molar-refractivity contribution >= 4 is 21.6 Å². The summed E-state index contributed by atoms with van der Waals surface area (Å²) in [5.41, 5.74) is -1.40. The van der Waals surface area contributed by atoms with Gasteiger partial charge in [-0.15, -0.1) is 0 Å². The summed E-state index contributed by atoms with van der Waals surface area (Å²) in [6.07, 6.45) is 5.50. The number of nitro groups is 1. The minimum atomic E-state index is -4.11. The fraction of sp³-hybridized carbons (Fsp3) is 0.667. The van der Waals surface area contributed by atoms with Crippen LogP contribution in [0.25, 0.3) is 0 Å². The molecule has 0 radical (unpaired) electrons. The third-order valence-corrected chi connectivity index (χ3v) is 10.9. The molecule has 2 unspecified atom stereocenters. The zero-order valence-electron chi connectivity index (χ0n) is 19.5. The lowest BCUT2D eigenvalue weighted by Gasteiger charge is -2.58. The molecule has 1 aromatic rings. The molecule has 5 fully saturated rings. The zero-order valence-corrected chi connectivity index (χ0v) is 20.3. The molecule has 1 aromatic carbocycles. The Hall–Kier alpha value is -2.51. The summed E-state index contributed by atoms with van der Waals surface area (Å²) in [5.74, 6) is 0.745. The predicted molar refractivity (Wildman–Crippen MR) is 123 cm³/mol. The molecule has 1 saturated heterocycles. The van der Waals surface area contributed by atoms with Crippen molar-refractivity contribution in [3.05, 3.63) is 33.9 Å². The van der Waals surface area contributed by atoms with Crippen LogP contribution in [0.3, 0.4) is 0 Å². The van der Waals surface area contributed by atoms with E-state index >= 15 is 0 Å². The largest absolute Gasteiger partial charge is 0.351 e. The highest BCUT2D eigenvalue weighted by atomic mass is 32.2. The highest BCUT2D eigenvalue weighted by molar-refractivity contribution is 7.89. The molecule has 4 saturated carbocycles. The Morgan fingerprint density at radius 3 is 2.56 bits per heavy atom. The van der Waals surface area contributed by atoms with Gasteiger partial charge in [-0.05, 0) is 82.6 Å². The van der Waals surface area contributed by atoms with Crippen molar-refractivity contribution in [3.8, 4) is 6.07 Å². The van der Waals surface area contributed by atoms with E-state index in [1.165, 1.54) is 16.4 Å². The number of aryl methyl sites for hydroxylation is 1. The number of carbonyl (C=O) groups excluding carboxylic acids is 1. The topological polar surface area (TPSA) is 133 Å². The van der Waals surface area contributed by atoms with Crippen LogP contribution in [0.15, 0.2) is 23.1 Å². The molecule has 0 spiro atoms. The van der Waals surface area contributed by atoms with Gasteiger partial charge in [0, 0.05) is 24.2 Å². The first-order valence-corrected chi connectivity index (χ1v) is 13.4. The van der Waals surface area contributed by atoms with E-state index in [-0.39, 0.29) is 46.3 Å². The molecule has 34 heavy (non-hydrogen) atoms. The number of hydrogen-bond donors (Lipinski definition) is 1. The number of hydrogen-bond acceptors (Lipinski definition) is 6. The molecule has 1 amide bonds. The van der Waals surface area contributed by atoms with Gasteiger partial charge < -0.3 is 5.32 Å². The number of nitro benzene ring substituents is 1. The molecule has 1 aliphatic heterocycles. The van der Waals surface area contributed by atoms with Gasteiger partial charge in [0.05, 0.1) is 21.3 Å². The Morgan fingerprint density at radius 1 is 1.26 bits per heavy atom. The van der Waals surface area contributed by atoms with E-state index in [0.717, 1.165) is 38.2 Å². The lowest BCUT2D eigenvalue weighted by atomic mass is 9.48. The molecule has 0 aromatic heterocycles. The smallest absolute Gasteiger partial charge is 0.273 e. The van der Waals surface area contributed by atoms with Gasteiger partial charge in [-0.1, -0.05) is 6.07 Å².